The van der Waals surface area contributed by atoms with Crippen molar-refractivity contribution in [2.45, 2.75) is 56.2 Å². The number of aromatic nitrogens is 2. The number of hydrogen-bond acceptors (Lipinski definition) is 4. The topological polar surface area (TPSA) is 86.3 Å². The van der Waals surface area contributed by atoms with E-state index in [2.05, 4.69) is 10.2 Å². The summed E-state index contributed by atoms with van der Waals surface area (Å²) in [5, 5.41) is 15.4. The van der Waals surface area contributed by atoms with Crippen molar-refractivity contribution in [2.75, 3.05) is 7.05 Å². The van der Waals surface area contributed by atoms with Crippen molar-refractivity contribution in [3.05, 3.63) is 11.8 Å². The SMILES string of the molecule is CN(C1CCCCCC1)S(=O)(=O)c1[nH]ncc1CO. The fourth-order valence-electron chi connectivity index (χ4n) is 2.60. The second-order valence-electron chi connectivity index (χ2n) is 5.05. The van der Waals surface area contributed by atoms with Crippen molar-refractivity contribution < 1.29 is 13.5 Å². The summed E-state index contributed by atoms with van der Waals surface area (Å²) in [5.41, 5.74) is 0.320. The molecule has 1 fully saturated rings. The molecule has 2 N–H and O–H groups in total. The average Bonchev–Trinajstić information content (AvgIpc) is 2.73. The van der Waals surface area contributed by atoms with Gasteiger partial charge in [0.2, 0.25) is 0 Å². The fourth-order valence-corrected chi connectivity index (χ4v) is 4.10. The summed E-state index contributed by atoms with van der Waals surface area (Å²) in [6.07, 6.45) is 7.65. The first kappa shape index (κ1) is 14.5. The lowest BCUT2D eigenvalue weighted by atomic mass is 10.1. The molecule has 0 radical (unpaired) electrons. The molecule has 1 aliphatic rings. The minimum Gasteiger partial charge on any atom is -0.392 e. The fraction of sp³-hybridized carbons (Fsp3) is 0.750. The van der Waals surface area contributed by atoms with Crippen LogP contribution in [-0.2, 0) is 16.6 Å². The number of aromatic amines is 1. The molecule has 1 heterocycles. The standard InChI is InChI=1S/C12H21N3O3S/c1-15(11-6-4-2-3-5-7-11)19(17,18)12-10(9-16)8-13-14-12/h8,11,16H,2-7,9H2,1H3,(H,13,14). The van der Waals surface area contributed by atoms with Crippen LogP contribution in [-0.4, -0.2) is 41.1 Å². The van der Waals surface area contributed by atoms with Gasteiger partial charge in [-0.2, -0.15) is 9.40 Å². The molecule has 0 bridgehead atoms. The Balaban J connectivity index is 2.23. The Morgan fingerprint density at radius 3 is 2.58 bits per heavy atom. The molecular weight excluding hydrogens is 266 g/mol. The first-order chi connectivity index (χ1) is 9.07. The number of hydrogen-bond donors (Lipinski definition) is 2. The van der Waals surface area contributed by atoms with Gasteiger partial charge in [-0.05, 0) is 12.8 Å². The second-order valence-corrected chi connectivity index (χ2v) is 6.98. The van der Waals surface area contributed by atoms with E-state index in [1.807, 2.05) is 0 Å². The van der Waals surface area contributed by atoms with Crippen LogP contribution in [0.15, 0.2) is 11.2 Å². The summed E-state index contributed by atoms with van der Waals surface area (Å²) in [6.45, 7) is -0.330. The highest BCUT2D eigenvalue weighted by atomic mass is 32.2. The van der Waals surface area contributed by atoms with Crippen LogP contribution in [0.3, 0.4) is 0 Å². The van der Waals surface area contributed by atoms with Gasteiger partial charge in [0.25, 0.3) is 10.0 Å². The number of aliphatic hydroxyl groups excluding tert-OH is 1. The zero-order chi connectivity index (χ0) is 13.9. The van der Waals surface area contributed by atoms with Gasteiger partial charge in [0.15, 0.2) is 5.03 Å². The molecule has 0 spiro atoms. The van der Waals surface area contributed by atoms with E-state index in [0.717, 1.165) is 25.7 Å². The maximum absolute atomic E-state index is 12.5. The van der Waals surface area contributed by atoms with Crippen LogP contribution in [0.1, 0.15) is 44.1 Å². The van der Waals surface area contributed by atoms with Crippen molar-refractivity contribution in [1.82, 2.24) is 14.5 Å². The van der Waals surface area contributed by atoms with Crippen LogP contribution in [0.5, 0.6) is 0 Å². The zero-order valence-corrected chi connectivity index (χ0v) is 12.0. The van der Waals surface area contributed by atoms with Crippen LogP contribution < -0.4 is 0 Å². The Hall–Kier alpha value is -0.920. The Morgan fingerprint density at radius 2 is 2.00 bits per heavy atom. The first-order valence-corrected chi connectivity index (χ1v) is 8.12. The lowest BCUT2D eigenvalue weighted by Crippen LogP contribution is -2.37. The largest absolute Gasteiger partial charge is 0.392 e. The smallest absolute Gasteiger partial charge is 0.260 e. The van der Waals surface area contributed by atoms with E-state index in [0.29, 0.717) is 5.56 Å². The number of rotatable bonds is 4. The molecule has 108 valence electrons. The molecule has 0 atom stereocenters. The van der Waals surface area contributed by atoms with Crippen LogP contribution in [0, 0.1) is 0 Å². The van der Waals surface area contributed by atoms with E-state index in [4.69, 9.17) is 5.11 Å². The highest BCUT2D eigenvalue weighted by Crippen LogP contribution is 2.26. The van der Waals surface area contributed by atoms with E-state index in [1.54, 1.807) is 7.05 Å². The summed E-state index contributed by atoms with van der Waals surface area (Å²) < 4.78 is 26.5. The zero-order valence-electron chi connectivity index (χ0n) is 11.2. The summed E-state index contributed by atoms with van der Waals surface area (Å²) in [6, 6.07) is 0.0438. The molecule has 0 aromatic carbocycles. The number of nitrogens with one attached hydrogen (secondary N) is 1. The quantitative estimate of drug-likeness (QED) is 0.816. The summed E-state index contributed by atoms with van der Waals surface area (Å²) in [4.78, 5) is 0. The van der Waals surface area contributed by atoms with E-state index in [1.165, 1.54) is 23.3 Å². The highest BCUT2D eigenvalue weighted by Gasteiger charge is 2.31. The first-order valence-electron chi connectivity index (χ1n) is 6.68. The normalized spacial score (nSPS) is 18.7. The van der Waals surface area contributed by atoms with Crippen molar-refractivity contribution >= 4 is 10.0 Å². The number of aliphatic hydroxyl groups is 1. The number of nitrogens with zero attached hydrogens (tertiary/aromatic N) is 2. The van der Waals surface area contributed by atoms with Gasteiger partial charge < -0.3 is 5.11 Å². The van der Waals surface area contributed by atoms with Crippen molar-refractivity contribution in [3.8, 4) is 0 Å². The van der Waals surface area contributed by atoms with E-state index < -0.39 is 10.0 Å². The van der Waals surface area contributed by atoms with E-state index >= 15 is 0 Å². The molecule has 1 aromatic heterocycles. The van der Waals surface area contributed by atoms with Gasteiger partial charge in [-0.25, -0.2) is 8.42 Å². The van der Waals surface area contributed by atoms with E-state index in [-0.39, 0.29) is 17.7 Å². The molecule has 6 nitrogen and oxygen atoms in total. The van der Waals surface area contributed by atoms with Gasteiger partial charge in [-0.15, -0.1) is 0 Å². The van der Waals surface area contributed by atoms with Crippen LogP contribution in [0.2, 0.25) is 0 Å². The summed E-state index contributed by atoms with van der Waals surface area (Å²) >= 11 is 0. The Morgan fingerprint density at radius 1 is 1.37 bits per heavy atom. The van der Waals surface area contributed by atoms with Gasteiger partial charge in [-0.3, -0.25) is 5.10 Å². The lowest BCUT2D eigenvalue weighted by Gasteiger charge is -2.26. The second kappa shape index (κ2) is 6.02. The molecule has 1 aromatic rings. The van der Waals surface area contributed by atoms with Crippen molar-refractivity contribution in [1.29, 1.82) is 0 Å². The van der Waals surface area contributed by atoms with Gasteiger partial charge >= 0.3 is 0 Å². The third kappa shape index (κ3) is 2.98. The third-order valence-corrected chi connectivity index (χ3v) is 5.75. The molecule has 7 heteroatoms. The Labute approximate surface area is 113 Å². The van der Waals surface area contributed by atoms with Crippen molar-refractivity contribution in [3.63, 3.8) is 0 Å². The molecule has 0 amide bonds. The van der Waals surface area contributed by atoms with Gasteiger partial charge in [0, 0.05) is 18.7 Å². The molecule has 19 heavy (non-hydrogen) atoms. The molecule has 0 unspecified atom stereocenters. The van der Waals surface area contributed by atoms with Crippen molar-refractivity contribution in [2.24, 2.45) is 0 Å². The van der Waals surface area contributed by atoms with E-state index in [9.17, 15) is 8.42 Å². The maximum atomic E-state index is 12.5. The Kier molecular flexibility index (Phi) is 4.59. The number of sulfonamides is 1. The van der Waals surface area contributed by atoms with Gasteiger partial charge in [0.1, 0.15) is 0 Å². The molecular formula is C12H21N3O3S. The predicted molar refractivity (Wildman–Crippen MR) is 70.9 cm³/mol. The summed E-state index contributed by atoms with van der Waals surface area (Å²) in [5.74, 6) is 0. The van der Waals surface area contributed by atoms with Gasteiger partial charge in [0.05, 0.1) is 12.8 Å². The molecule has 2 rings (SSSR count). The van der Waals surface area contributed by atoms with Crippen LogP contribution in [0.4, 0.5) is 0 Å². The number of H-pyrrole nitrogens is 1. The van der Waals surface area contributed by atoms with Crippen LogP contribution >= 0.6 is 0 Å². The minimum atomic E-state index is -3.60. The monoisotopic (exact) mass is 287 g/mol. The van der Waals surface area contributed by atoms with Crippen LogP contribution in [0.25, 0.3) is 0 Å². The lowest BCUT2D eigenvalue weighted by molar-refractivity contribution is 0.277. The average molecular weight is 287 g/mol. The molecule has 1 aliphatic carbocycles. The molecule has 1 saturated carbocycles. The Bertz CT molecular complexity index is 504. The molecule has 0 saturated heterocycles. The minimum absolute atomic E-state index is 0.0155. The third-order valence-electron chi connectivity index (χ3n) is 3.82. The molecule has 0 aliphatic heterocycles. The van der Waals surface area contributed by atoms with Gasteiger partial charge in [-0.1, -0.05) is 25.7 Å². The highest BCUT2D eigenvalue weighted by molar-refractivity contribution is 7.89. The predicted octanol–water partition coefficient (Wildman–Crippen LogP) is 1.25. The maximum Gasteiger partial charge on any atom is 0.260 e. The summed E-state index contributed by atoms with van der Waals surface area (Å²) in [7, 11) is -1.98.